The number of ether oxygens (including phenoxy) is 2. The van der Waals surface area contributed by atoms with Gasteiger partial charge >= 0.3 is 0 Å². The molecule has 0 amide bonds. The smallest absolute Gasteiger partial charge is 0.161 e. The Morgan fingerprint density at radius 3 is 2.56 bits per heavy atom. The number of hydrogen-bond acceptors (Lipinski definition) is 3. The average Bonchev–Trinajstić information content (AvgIpc) is 2.29. The summed E-state index contributed by atoms with van der Waals surface area (Å²) >= 11 is 0. The number of rotatable bonds is 6. The van der Waals surface area contributed by atoms with Crippen molar-refractivity contribution in [3.8, 4) is 11.5 Å². The lowest BCUT2D eigenvalue weighted by Gasteiger charge is -2.12. The van der Waals surface area contributed by atoms with E-state index >= 15 is 0 Å². The molecule has 1 N–H and O–H groups in total. The van der Waals surface area contributed by atoms with Crippen molar-refractivity contribution in [3.05, 3.63) is 23.8 Å². The SMILES string of the molecule is COc1cc(CO)ccc1OCCC(C)C. The van der Waals surface area contributed by atoms with E-state index in [1.807, 2.05) is 12.1 Å². The van der Waals surface area contributed by atoms with Gasteiger partial charge in [0.15, 0.2) is 11.5 Å². The molecule has 1 aromatic carbocycles. The van der Waals surface area contributed by atoms with Gasteiger partial charge in [0.05, 0.1) is 20.3 Å². The molecule has 0 unspecified atom stereocenters. The van der Waals surface area contributed by atoms with Crippen LogP contribution in [0, 0.1) is 5.92 Å². The van der Waals surface area contributed by atoms with E-state index in [1.165, 1.54) is 0 Å². The lowest BCUT2D eigenvalue weighted by molar-refractivity contribution is 0.268. The highest BCUT2D eigenvalue weighted by molar-refractivity contribution is 5.42. The number of benzene rings is 1. The summed E-state index contributed by atoms with van der Waals surface area (Å²) in [5, 5.41) is 9.00. The van der Waals surface area contributed by atoms with E-state index in [0.29, 0.717) is 18.3 Å². The fraction of sp³-hybridized carbons (Fsp3) is 0.538. The summed E-state index contributed by atoms with van der Waals surface area (Å²) in [6, 6.07) is 5.47. The van der Waals surface area contributed by atoms with Crippen LogP contribution < -0.4 is 9.47 Å². The minimum atomic E-state index is 0.0165. The average molecular weight is 224 g/mol. The lowest BCUT2D eigenvalue weighted by atomic mass is 10.1. The summed E-state index contributed by atoms with van der Waals surface area (Å²) in [6.07, 6.45) is 1.02. The van der Waals surface area contributed by atoms with E-state index in [4.69, 9.17) is 14.6 Å². The van der Waals surface area contributed by atoms with Crippen LogP contribution in [0.3, 0.4) is 0 Å². The highest BCUT2D eigenvalue weighted by Crippen LogP contribution is 2.28. The van der Waals surface area contributed by atoms with Crippen LogP contribution in [0.15, 0.2) is 18.2 Å². The van der Waals surface area contributed by atoms with Gasteiger partial charge in [-0.1, -0.05) is 19.9 Å². The molecule has 0 spiro atoms. The third-order valence-corrected chi connectivity index (χ3v) is 2.36. The second-order valence-corrected chi connectivity index (χ2v) is 4.17. The second-order valence-electron chi connectivity index (χ2n) is 4.17. The third kappa shape index (κ3) is 3.74. The first kappa shape index (κ1) is 12.8. The molecular formula is C13H20O3. The van der Waals surface area contributed by atoms with Crippen LogP contribution in [-0.2, 0) is 6.61 Å². The van der Waals surface area contributed by atoms with E-state index in [1.54, 1.807) is 13.2 Å². The zero-order valence-electron chi connectivity index (χ0n) is 10.2. The minimum absolute atomic E-state index is 0.0165. The Kier molecular flexibility index (Phi) is 5.12. The molecule has 1 rings (SSSR count). The summed E-state index contributed by atoms with van der Waals surface area (Å²) in [5.74, 6) is 2.04. The number of hydrogen-bond donors (Lipinski definition) is 1. The van der Waals surface area contributed by atoms with Gasteiger partial charge in [0.1, 0.15) is 0 Å². The Morgan fingerprint density at radius 1 is 1.25 bits per heavy atom. The molecule has 0 aliphatic carbocycles. The molecule has 0 atom stereocenters. The van der Waals surface area contributed by atoms with Crippen molar-refractivity contribution in [2.75, 3.05) is 13.7 Å². The molecule has 3 nitrogen and oxygen atoms in total. The van der Waals surface area contributed by atoms with Crippen LogP contribution in [0.25, 0.3) is 0 Å². The molecule has 0 fully saturated rings. The first-order valence-corrected chi connectivity index (χ1v) is 5.58. The zero-order chi connectivity index (χ0) is 12.0. The topological polar surface area (TPSA) is 38.7 Å². The Bertz CT molecular complexity index is 321. The van der Waals surface area contributed by atoms with Crippen molar-refractivity contribution in [1.29, 1.82) is 0 Å². The minimum Gasteiger partial charge on any atom is -0.493 e. The molecule has 0 saturated carbocycles. The Labute approximate surface area is 97.0 Å². The van der Waals surface area contributed by atoms with Crippen LogP contribution in [-0.4, -0.2) is 18.8 Å². The fourth-order valence-corrected chi connectivity index (χ4v) is 1.33. The highest BCUT2D eigenvalue weighted by atomic mass is 16.5. The Morgan fingerprint density at radius 2 is 2.00 bits per heavy atom. The van der Waals surface area contributed by atoms with Crippen molar-refractivity contribution in [3.63, 3.8) is 0 Å². The molecule has 0 bridgehead atoms. The maximum Gasteiger partial charge on any atom is 0.161 e. The number of aliphatic hydroxyl groups excluding tert-OH is 1. The quantitative estimate of drug-likeness (QED) is 0.807. The van der Waals surface area contributed by atoms with Gasteiger partial charge in [0.2, 0.25) is 0 Å². The largest absolute Gasteiger partial charge is 0.493 e. The fourth-order valence-electron chi connectivity index (χ4n) is 1.33. The monoisotopic (exact) mass is 224 g/mol. The van der Waals surface area contributed by atoms with E-state index < -0.39 is 0 Å². The molecule has 0 radical (unpaired) electrons. The Balaban J connectivity index is 2.64. The van der Waals surface area contributed by atoms with E-state index in [0.717, 1.165) is 17.7 Å². The summed E-state index contributed by atoms with van der Waals surface area (Å²) in [7, 11) is 1.60. The van der Waals surface area contributed by atoms with Gasteiger partial charge in [-0.05, 0) is 30.0 Å². The molecule has 0 aliphatic heterocycles. The highest BCUT2D eigenvalue weighted by Gasteiger charge is 2.05. The molecular weight excluding hydrogens is 204 g/mol. The van der Waals surface area contributed by atoms with Gasteiger partial charge in [-0.2, -0.15) is 0 Å². The van der Waals surface area contributed by atoms with Crippen LogP contribution in [0.5, 0.6) is 11.5 Å². The lowest BCUT2D eigenvalue weighted by Crippen LogP contribution is -2.03. The predicted molar refractivity (Wildman–Crippen MR) is 63.9 cm³/mol. The van der Waals surface area contributed by atoms with Crippen LogP contribution in [0.2, 0.25) is 0 Å². The van der Waals surface area contributed by atoms with E-state index in [2.05, 4.69) is 13.8 Å². The van der Waals surface area contributed by atoms with Crippen molar-refractivity contribution >= 4 is 0 Å². The van der Waals surface area contributed by atoms with Crippen LogP contribution >= 0.6 is 0 Å². The standard InChI is InChI=1S/C13H20O3/c1-10(2)6-7-16-12-5-4-11(9-14)8-13(12)15-3/h4-5,8,10,14H,6-7,9H2,1-3H3. The summed E-state index contributed by atoms with van der Waals surface area (Å²) in [5.41, 5.74) is 0.827. The predicted octanol–water partition coefficient (Wildman–Crippen LogP) is 2.61. The number of aliphatic hydroxyl groups is 1. The molecule has 3 heteroatoms. The van der Waals surface area contributed by atoms with Crippen LogP contribution in [0.1, 0.15) is 25.8 Å². The molecule has 1 aromatic rings. The first-order valence-electron chi connectivity index (χ1n) is 5.58. The van der Waals surface area contributed by atoms with Crippen LogP contribution in [0.4, 0.5) is 0 Å². The summed E-state index contributed by atoms with van der Waals surface area (Å²) in [6.45, 7) is 5.03. The first-order chi connectivity index (χ1) is 7.67. The van der Waals surface area contributed by atoms with Crippen molar-refractivity contribution in [1.82, 2.24) is 0 Å². The maximum atomic E-state index is 9.00. The Hall–Kier alpha value is -1.22. The molecule has 0 saturated heterocycles. The molecule has 0 aliphatic rings. The molecule has 0 aromatic heterocycles. The van der Waals surface area contributed by atoms with Crippen molar-refractivity contribution in [2.45, 2.75) is 26.9 Å². The molecule has 0 heterocycles. The summed E-state index contributed by atoms with van der Waals surface area (Å²) in [4.78, 5) is 0. The molecule has 90 valence electrons. The van der Waals surface area contributed by atoms with Gasteiger partial charge in [0.25, 0.3) is 0 Å². The van der Waals surface area contributed by atoms with Gasteiger partial charge in [0, 0.05) is 0 Å². The van der Waals surface area contributed by atoms with Gasteiger partial charge in [-0.3, -0.25) is 0 Å². The zero-order valence-corrected chi connectivity index (χ0v) is 10.2. The maximum absolute atomic E-state index is 9.00. The van der Waals surface area contributed by atoms with Gasteiger partial charge < -0.3 is 14.6 Å². The van der Waals surface area contributed by atoms with Gasteiger partial charge in [-0.15, -0.1) is 0 Å². The van der Waals surface area contributed by atoms with Crippen molar-refractivity contribution in [2.24, 2.45) is 5.92 Å². The van der Waals surface area contributed by atoms with E-state index in [9.17, 15) is 0 Å². The third-order valence-electron chi connectivity index (χ3n) is 2.36. The van der Waals surface area contributed by atoms with Crippen molar-refractivity contribution < 1.29 is 14.6 Å². The number of methoxy groups -OCH3 is 1. The normalized spacial score (nSPS) is 10.6. The van der Waals surface area contributed by atoms with Gasteiger partial charge in [-0.25, -0.2) is 0 Å². The molecule has 16 heavy (non-hydrogen) atoms. The van der Waals surface area contributed by atoms with E-state index in [-0.39, 0.29) is 6.61 Å². The second kappa shape index (κ2) is 6.38. The summed E-state index contributed by atoms with van der Waals surface area (Å²) < 4.78 is 10.8.